The van der Waals surface area contributed by atoms with Crippen LogP contribution in [0.1, 0.15) is 50.8 Å². The molecule has 1 atom stereocenters. The van der Waals surface area contributed by atoms with Crippen molar-refractivity contribution in [3.05, 3.63) is 18.0 Å². The Bertz CT molecular complexity index is 347. The van der Waals surface area contributed by atoms with E-state index < -0.39 is 0 Å². The quantitative estimate of drug-likeness (QED) is 0.861. The van der Waals surface area contributed by atoms with Crippen molar-refractivity contribution in [1.29, 1.82) is 0 Å². The topological polar surface area (TPSA) is 38.0 Å². The van der Waals surface area contributed by atoms with Gasteiger partial charge in [-0.2, -0.15) is 16.9 Å². The molecule has 1 aliphatic carbocycles. The highest BCUT2D eigenvalue weighted by Gasteiger charge is 2.16. The first kappa shape index (κ1) is 13.9. The molecule has 18 heavy (non-hydrogen) atoms. The number of hydrogen-bond acceptors (Lipinski definition) is 3. The number of aliphatic hydroxyl groups is 1. The fourth-order valence-electron chi connectivity index (χ4n) is 2.59. The lowest BCUT2D eigenvalue weighted by Gasteiger charge is -2.21. The molecule has 1 unspecified atom stereocenters. The van der Waals surface area contributed by atoms with Gasteiger partial charge >= 0.3 is 0 Å². The van der Waals surface area contributed by atoms with Crippen molar-refractivity contribution in [2.24, 2.45) is 0 Å². The third-order valence-corrected chi connectivity index (χ3v) is 4.60. The summed E-state index contributed by atoms with van der Waals surface area (Å²) in [6.07, 6.45) is 9.07. The zero-order valence-electron chi connectivity index (χ0n) is 11.2. The second-order valence-electron chi connectivity index (χ2n) is 5.10. The van der Waals surface area contributed by atoms with Crippen molar-refractivity contribution in [2.75, 3.05) is 11.5 Å². The van der Waals surface area contributed by atoms with Crippen molar-refractivity contribution >= 4 is 11.8 Å². The van der Waals surface area contributed by atoms with Crippen LogP contribution in [0.5, 0.6) is 0 Å². The second kappa shape index (κ2) is 7.19. The van der Waals surface area contributed by atoms with E-state index in [4.69, 9.17) is 0 Å². The summed E-state index contributed by atoms with van der Waals surface area (Å²) in [6, 6.07) is 2.66. The molecule has 0 radical (unpaired) electrons. The number of thioether (sulfide) groups is 1. The first-order valence-corrected chi connectivity index (χ1v) is 8.25. The van der Waals surface area contributed by atoms with E-state index in [0.29, 0.717) is 12.5 Å². The van der Waals surface area contributed by atoms with Crippen molar-refractivity contribution in [3.63, 3.8) is 0 Å². The zero-order valence-corrected chi connectivity index (χ0v) is 12.0. The van der Waals surface area contributed by atoms with E-state index in [1.165, 1.54) is 32.1 Å². The molecule has 4 heteroatoms. The number of hydrogen-bond donors (Lipinski definition) is 1. The molecular weight excluding hydrogens is 244 g/mol. The van der Waals surface area contributed by atoms with Gasteiger partial charge in [-0.05, 0) is 24.7 Å². The molecule has 1 heterocycles. The Hall–Kier alpha value is -0.480. The molecule has 1 aromatic rings. The Morgan fingerprint density at radius 3 is 2.94 bits per heavy atom. The highest BCUT2D eigenvalue weighted by Crippen LogP contribution is 2.27. The summed E-state index contributed by atoms with van der Waals surface area (Å²) in [4.78, 5) is 0. The van der Waals surface area contributed by atoms with Crippen molar-refractivity contribution in [2.45, 2.75) is 57.6 Å². The van der Waals surface area contributed by atoms with E-state index in [9.17, 15) is 5.11 Å². The summed E-state index contributed by atoms with van der Waals surface area (Å²) >= 11 is 1.79. The van der Waals surface area contributed by atoms with Gasteiger partial charge in [-0.25, -0.2) is 0 Å². The lowest BCUT2D eigenvalue weighted by Crippen LogP contribution is -2.16. The third kappa shape index (κ3) is 4.02. The van der Waals surface area contributed by atoms with Crippen LogP contribution in [0.25, 0.3) is 0 Å². The fraction of sp³-hybridized carbons (Fsp3) is 0.786. The Kier molecular flexibility index (Phi) is 5.57. The van der Waals surface area contributed by atoms with E-state index in [1.54, 1.807) is 11.8 Å². The molecule has 0 aliphatic heterocycles. The van der Waals surface area contributed by atoms with Crippen molar-refractivity contribution < 1.29 is 5.11 Å². The van der Waals surface area contributed by atoms with E-state index >= 15 is 0 Å². The summed E-state index contributed by atoms with van der Waals surface area (Å²) in [5.41, 5.74) is 1.03. The number of rotatable bonds is 6. The predicted molar refractivity (Wildman–Crippen MR) is 77.1 cm³/mol. The van der Waals surface area contributed by atoms with Crippen LogP contribution < -0.4 is 0 Å². The van der Waals surface area contributed by atoms with E-state index in [1.807, 2.05) is 0 Å². The molecule has 0 amide bonds. The van der Waals surface area contributed by atoms with Crippen molar-refractivity contribution in [1.82, 2.24) is 9.78 Å². The number of nitrogens with zero attached hydrogens (tertiary/aromatic N) is 2. The maximum absolute atomic E-state index is 9.88. The van der Waals surface area contributed by atoms with Crippen LogP contribution in [0, 0.1) is 0 Å². The molecule has 0 spiro atoms. The zero-order chi connectivity index (χ0) is 12.8. The van der Waals surface area contributed by atoms with Gasteiger partial charge in [-0.3, -0.25) is 4.68 Å². The minimum atomic E-state index is -0.260. The van der Waals surface area contributed by atoms with E-state index in [-0.39, 0.29) is 6.10 Å². The monoisotopic (exact) mass is 268 g/mol. The van der Waals surface area contributed by atoms with Crippen LogP contribution in [0.3, 0.4) is 0 Å². The molecule has 0 bridgehead atoms. The molecule has 3 nitrogen and oxygen atoms in total. The molecule has 1 fully saturated rings. The molecular formula is C14H24N2OS. The third-order valence-electron chi connectivity index (χ3n) is 3.57. The van der Waals surface area contributed by atoms with Gasteiger partial charge in [0, 0.05) is 18.4 Å². The highest BCUT2D eigenvalue weighted by molar-refractivity contribution is 7.99. The summed E-state index contributed by atoms with van der Waals surface area (Å²) in [5.74, 6) is 1.88. The first-order chi connectivity index (χ1) is 8.79. The van der Waals surface area contributed by atoms with Gasteiger partial charge < -0.3 is 5.11 Å². The van der Waals surface area contributed by atoms with Gasteiger partial charge in [0.25, 0.3) is 0 Å². The molecule has 1 saturated carbocycles. The molecule has 1 aromatic heterocycles. The largest absolute Gasteiger partial charge is 0.392 e. The fourth-order valence-corrected chi connectivity index (χ4v) is 3.22. The molecule has 102 valence electrons. The van der Waals surface area contributed by atoms with Gasteiger partial charge in [0.05, 0.1) is 17.8 Å². The lowest BCUT2D eigenvalue weighted by atomic mass is 9.96. The smallest absolute Gasteiger partial charge is 0.0686 e. The van der Waals surface area contributed by atoms with Crippen LogP contribution in [0.4, 0.5) is 0 Å². The predicted octanol–water partition coefficient (Wildman–Crippen LogP) is 3.04. The molecule has 1 N–H and O–H groups in total. The maximum Gasteiger partial charge on any atom is 0.0686 e. The minimum absolute atomic E-state index is 0.260. The van der Waals surface area contributed by atoms with Gasteiger partial charge in [0.1, 0.15) is 0 Å². The van der Waals surface area contributed by atoms with Gasteiger partial charge in [0.15, 0.2) is 0 Å². The minimum Gasteiger partial charge on any atom is -0.392 e. The summed E-state index contributed by atoms with van der Waals surface area (Å²) in [7, 11) is 0. The van der Waals surface area contributed by atoms with Gasteiger partial charge in [-0.15, -0.1) is 0 Å². The summed E-state index contributed by atoms with van der Waals surface area (Å²) in [6.45, 7) is 2.12. The summed E-state index contributed by atoms with van der Waals surface area (Å²) < 4.78 is 2.12. The van der Waals surface area contributed by atoms with Crippen LogP contribution in [0.15, 0.2) is 12.3 Å². The Morgan fingerprint density at radius 1 is 1.44 bits per heavy atom. The van der Waals surface area contributed by atoms with Gasteiger partial charge in [-0.1, -0.05) is 26.2 Å². The second-order valence-corrected chi connectivity index (χ2v) is 6.42. The van der Waals surface area contributed by atoms with Crippen LogP contribution in [-0.2, 0) is 6.42 Å². The maximum atomic E-state index is 9.88. The standard InChI is InChI=1S/C14H24N2OS/c1-2-18-11-14(17)10-12-8-9-16(15-12)13-6-4-3-5-7-13/h8-9,13-14,17H,2-7,10-11H2,1H3. The molecule has 1 aliphatic rings. The highest BCUT2D eigenvalue weighted by atomic mass is 32.2. The van der Waals surface area contributed by atoms with Crippen LogP contribution >= 0.6 is 11.8 Å². The first-order valence-electron chi connectivity index (χ1n) is 7.09. The van der Waals surface area contributed by atoms with E-state index in [0.717, 1.165) is 17.2 Å². The SMILES string of the molecule is CCSCC(O)Cc1ccn(C2CCCCC2)n1. The summed E-state index contributed by atoms with van der Waals surface area (Å²) in [5, 5.41) is 14.5. The lowest BCUT2D eigenvalue weighted by molar-refractivity contribution is 0.198. The molecule has 0 saturated heterocycles. The Morgan fingerprint density at radius 2 is 2.22 bits per heavy atom. The van der Waals surface area contributed by atoms with E-state index in [2.05, 4.69) is 29.0 Å². The normalized spacial score (nSPS) is 19.0. The van der Waals surface area contributed by atoms with Crippen LogP contribution in [0.2, 0.25) is 0 Å². The van der Waals surface area contributed by atoms with Crippen molar-refractivity contribution in [3.8, 4) is 0 Å². The Labute approximate surface area is 114 Å². The average Bonchev–Trinajstić information content (AvgIpc) is 2.86. The number of aromatic nitrogens is 2. The van der Waals surface area contributed by atoms with Gasteiger partial charge in [0.2, 0.25) is 0 Å². The molecule has 2 rings (SSSR count). The van der Waals surface area contributed by atoms with Crippen LogP contribution in [-0.4, -0.2) is 32.5 Å². The molecule has 0 aromatic carbocycles. The number of aliphatic hydroxyl groups excluding tert-OH is 1. The average molecular weight is 268 g/mol. The Balaban J connectivity index is 1.85.